The molecule has 0 aliphatic carbocycles. The normalized spacial score (nSPS) is 16.8. The quantitative estimate of drug-likeness (QED) is 0.0839. The molecule has 4 N–H and O–H groups in total. The lowest BCUT2D eigenvalue weighted by atomic mass is 9.90. The Morgan fingerprint density at radius 2 is 1.65 bits per heavy atom. The van der Waals surface area contributed by atoms with Crippen molar-refractivity contribution in [2.75, 3.05) is 47.9 Å². The highest BCUT2D eigenvalue weighted by Gasteiger charge is 2.33. The van der Waals surface area contributed by atoms with Crippen LogP contribution >= 0.6 is 11.8 Å². The molecule has 4 heterocycles. The molecule has 0 radical (unpaired) electrons. The van der Waals surface area contributed by atoms with Gasteiger partial charge in [-0.1, -0.05) is 37.1 Å². The molecule has 14 nitrogen and oxygen atoms in total. The van der Waals surface area contributed by atoms with Crippen LogP contribution in [0.2, 0.25) is 0 Å². The lowest BCUT2D eigenvalue weighted by Gasteiger charge is -2.40. The summed E-state index contributed by atoms with van der Waals surface area (Å²) in [6.45, 7) is 11.5. The van der Waals surface area contributed by atoms with Crippen LogP contribution in [0, 0.1) is 0 Å². The van der Waals surface area contributed by atoms with Crippen molar-refractivity contribution in [2.45, 2.75) is 125 Å². The van der Waals surface area contributed by atoms with Gasteiger partial charge in [-0.25, -0.2) is 29.5 Å². The number of nitrogens with one attached hydrogen (secondary N) is 2. The van der Waals surface area contributed by atoms with E-state index in [4.69, 9.17) is 14.6 Å². The highest BCUT2D eigenvalue weighted by molar-refractivity contribution is 7.99. The number of hydrogen-bond donors (Lipinski definition) is 4. The standard InChI is InChI=1S/C39H56N8O6S/c1-38(2,3)53-37(51)45-39(4)16-20-46(21-17-39)32-26-41-34(27-40-32)54-31-12-10-11-29(23-31)44-33(48)13-8-6-5-7-9-22-52-30-14-18-47(19-15-30)36-42-24-28(25-43-36)35(49)50/h10-12,23-27,30,33,44,48H,5-9,13-22H2,1-4H3,(H,45,51)(H,49,50). The van der Waals surface area contributed by atoms with Crippen LogP contribution in [0.1, 0.15) is 102 Å². The topological polar surface area (TPSA) is 175 Å². The minimum Gasteiger partial charge on any atom is -0.478 e. The maximum absolute atomic E-state index is 12.3. The fraction of sp³-hybridized carbons (Fsp3) is 0.590. The number of benzene rings is 1. The van der Waals surface area contributed by atoms with E-state index >= 15 is 0 Å². The number of unbranched alkanes of at least 4 members (excludes halogenated alkanes) is 4. The number of carbonyl (C=O) groups excluding carboxylic acids is 1. The zero-order valence-corrected chi connectivity index (χ0v) is 32.8. The summed E-state index contributed by atoms with van der Waals surface area (Å²) < 4.78 is 11.6. The Labute approximate surface area is 322 Å². The molecule has 1 unspecified atom stereocenters. The molecule has 1 atom stereocenters. The van der Waals surface area contributed by atoms with Crippen LogP contribution in [0.5, 0.6) is 0 Å². The molecule has 2 aliphatic rings. The number of carboxylic acid groups (broad SMARTS) is 1. The van der Waals surface area contributed by atoms with Crippen molar-refractivity contribution in [3.63, 3.8) is 0 Å². The number of ether oxygens (including phenoxy) is 2. The largest absolute Gasteiger partial charge is 0.478 e. The molecule has 3 aromatic rings. The van der Waals surface area contributed by atoms with E-state index in [1.807, 2.05) is 45.0 Å². The molecule has 5 rings (SSSR count). The number of amides is 1. The number of aromatic carboxylic acids is 1. The predicted octanol–water partition coefficient (Wildman–Crippen LogP) is 6.76. The number of rotatable bonds is 17. The van der Waals surface area contributed by atoms with E-state index in [1.54, 1.807) is 12.4 Å². The number of carbonyl (C=O) groups is 2. The second kappa shape index (κ2) is 19.4. The van der Waals surface area contributed by atoms with E-state index in [-0.39, 0.29) is 23.3 Å². The molecule has 0 spiro atoms. The van der Waals surface area contributed by atoms with Crippen LogP contribution < -0.4 is 20.4 Å². The smallest absolute Gasteiger partial charge is 0.408 e. The Morgan fingerprint density at radius 3 is 2.31 bits per heavy atom. The summed E-state index contributed by atoms with van der Waals surface area (Å²) in [5.41, 5.74) is 0.0965. The van der Waals surface area contributed by atoms with Gasteiger partial charge in [0.15, 0.2) is 0 Å². The lowest BCUT2D eigenvalue weighted by Crippen LogP contribution is -2.54. The molecule has 2 fully saturated rings. The van der Waals surface area contributed by atoms with Gasteiger partial charge in [-0.05, 0) is 90.8 Å². The van der Waals surface area contributed by atoms with E-state index in [9.17, 15) is 14.7 Å². The third kappa shape index (κ3) is 13.3. The van der Waals surface area contributed by atoms with Crippen molar-refractivity contribution in [3.05, 3.63) is 54.6 Å². The van der Waals surface area contributed by atoms with Crippen molar-refractivity contribution in [1.29, 1.82) is 0 Å². The third-order valence-corrected chi connectivity index (χ3v) is 10.5. The second-order valence-electron chi connectivity index (χ2n) is 15.4. The van der Waals surface area contributed by atoms with Gasteiger partial charge in [0.2, 0.25) is 5.95 Å². The predicted molar refractivity (Wildman–Crippen MR) is 209 cm³/mol. The first-order chi connectivity index (χ1) is 25.8. The number of anilines is 3. The monoisotopic (exact) mass is 764 g/mol. The summed E-state index contributed by atoms with van der Waals surface area (Å²) in [6.07, 6.45) is 14.8. The van der Waals surface area contributed by atoms with E-state index in [2.05, 4.69) is 47.3 Å². The van der Waals surface area contributed by atoms with E-state index in [0.717, 1.165) is 112 Å². The number of aromatic nitrogens is 4. The van der Waals surface area contributed by atoms with Crippen LogP contribution in [0.4, 0.5) is 22.2 Å². The molecule has 15 heteroatoms. The van der Waals surface area contributed by atoms with Gasteiger partial charge in [-0.3, -0.25) is 0 Å². The molecular formula is C39H56N8O6S. The number of alkyl carbamates (subject to hydrolysis) is 1. The average Bonchev–Trinajstić information content (AvgIpc) is 3.13. The van der Waals surface area contributed by atoms with Gasteiger partial charge in [0.1, 0.15) is 22.7 Å². The highest BCUT2D eigenvalue weighted by Crippen LogP contribution is 2.30. The maximum atomic E-state index is 12.3. The van der Waals surface area contributed by atoms with Gasteiger partial charge in [-0.2, -0.15) is 0 Å². The first-order valence-corrected chi connectivity index (χ1v) is 19.9. The van der Waals surface area contributed by atoms with Gasteiger partial charge in [0, 0.05) is 61.3 Å². The Morgan fingerprint density at radius 1 is 0.944 bits per heavy atom. The van der Waals surface area contributed by atoms with E-state index < -0.39 is 17.8 Å². The number of aliphatic hydroxyl groups excluding tert-OH is 1. The molecule has 1 aromatic carbocycles. The molecule has 2 saturated heterocycles. The summed E-state index contributed by atoms with van der Waals surface area (Å²) in [4.78, 5) is 46.3. The second-order valence-corrected chi connectivity index (χ2v) is 16.5. The molecular weight excluding hydrogens is 709 g/mol. The van der Waals surface area contributed by atoms with Gasteiger partial charge in [0.25, 0.3) is 0 Å². The average molecular weight is 765 g/mol. The first-order valence-electron chi connectivity index (χ1n) is 19.1. The molecule has 2 aromatic heterocycles. The summed E-state index contributed by atoms with van der Waals surface area (Å²) >= 11 is 1.53. The molecule has 294 valence electrons. The van der Waals surface area contributed by atoms with Crippen LogP contribution in [0.3, 0.4) is 0 Å². The zero-order valence-electron chi connectivity index (χ0n) is 32.0. The molecule has 0 saturated carbocycles. The first kappa shape index (κ1) is 41.0. The molecule has 0 bridgehead atoms. The Kier molecular flexibility index (Phi) is 14.7. The van der Waals surface area contributed by atoms with Gasteiger partial charge in [-0.15, -0.1) is 0 Å². The Hall–Kier alpha value is -4.21. The Bertz CT molecular complexity index is 1630. The number of carboxylic acids is 1. The summed E-state index contributed by atoms with van der Waals surface area (Å²) in [6, 6.07) is 7.96. The fourth-order valence-corrected chi connectivity index (χ4v) is 7.29. The number of hydrogen-bond acceptors (Lipinski definition) is 13. The summed E-state index contributed by atoms with van der Waals surface area (Å²) in [7, 11) is 0. The van der Waals surface area contributed by atoms with Crippen molar-refractivity contribution < 1.29 is 29.3 Å². The fourth-order valence-electron chi connectivity index (χ4n) is 6.50. The molecule has 54 heavy (non-hydrogen) atoms. The van der Waals surface area contributed by atoms with Crippen LogP contribution in [0.25, 0.3) is 0 Å². The number of piperidine rings is 2. The summed E-state index contributed by atoms with van der Waals surface area (Å²) in [5.74, 6) is 0.360. The van der Waals surface area contributed by atoms with Crippen molar-refractivity contribution >= 4 is 41.3 Å². The van der Waals surface area contributed by atoms with Crippen LogP contribution in [-0.4, -0.2) is 98.5 Å². The lowest BCUT2D eigenvalue weighted by molar-refractivity contribution is 0.0345. The highest BCUT2D eigenvalue weighted by atomic mass is 32.2. The number of nitrogens with zero attached hydrogens (tertiary/aromatic N) is 6. The van der Waals surface area contributed by atoms with E-state index in [1.165, 1.54) is 24.2 Å². The van der Waals surface area contributed by atoms with Crippen LogP contribution in [0.15, 0.2) is 59.0 Å². The van der Waals surface area contributed by atoms with E-state index in [0.29, 0.717) is 12.4 Å². The van der Waals surface area contributed by atoms with Crippen molar-refractivity contribution in [3.8, 4) is 0 Å². The van der Waals surface area contributed by atoms with Crippen molar-refractivity contribution in [1.82, 2.24) is 25.3 Å². The van der Waals surface area contributed by atoms with Crippen LogP contribution in [-0.2, 0) is 9.47 Å². The zero-order chi connectivity index (χ0) is 38.6. The van der Waals surface area contributed by atoms with Gasteiger partial charge in [0.05, 0.1) is 24.1 Å². The minimum atomic E-state index is -1.02. The third-order valence-electron chi connectivity index (χ3n) is 9.58. The Balaban J connectivity index is 0.919. The summed E-state index contributed by atoms with van der Waals surface area (Å²) in [5, 5.41) is 26.7. The maximum Gasteiger partial charge on any atom is 0.408 e. The SMILES string of the molecule is CC1(NC(=O)OC(C)(C)C)CCN(c2cnc(Sc3cccc(NC(O)CCCCCCCOC4CCN(c5ncc(C(=O)O)cn5)CC4)c3)cn2)CC1. The van der Waals surface area contributed by atoms with Gasteiger partial charge < -0.3 is 40.1 Å². The molecule has 1 amide bonds. The van der Waals surface area contributed by atoms with Crippen molar-refractivity contribution in [2.24, 2.45) is 0 Å². The minimum absolute atomic E-state index is 0.0911. The molecule has 2 aliphatic heterocycles. The van der Waals surface area contributed by atoms with Gasteiger partial charge >= 0.3 is 12.1 Å². The number of aliphatic hydroxyl groups is 1.